The number of methoxy groups -OCH3 is 1. The summed E-state index contributed by atoms with van der Waals surface area (Å²) in [6.07, 6.45) is 1.99. The van der Waals surface area contributed by atoms with E-state index in [1.54, 1.807) is 7.11 Å². The smallest absolute Gasteiger partial charge is 0.338 e. The third kappa shape index (κ3) is 2.55. The van der Waals surface area contributed by atoms with Gasteiger partial charge in [0.1, 0.15) is 11.6 Å². The van der Waals surface area contributed by atoms with Crippen LogP contribution in [0.15, 0.2) is 36.5 Å². The second kappa shape index (κ2) is 5.24. The van der Waals surface area contributed by atoms with E-state index >= 15 is 0 Å². The first-order chi connectivity index (χ1) is 10.2. The molecule has 6 nitrogen and oxygen atoms in total. The number of nitrogens with one attached hydrogen (secondary N) is 1. The number of aromatic nitrogens is 3. The van der Waals surface area contributed by atoms with Crippen LogP contribution in [0.2, 0.25) is 0 Å². The molecule has 2 aromatic heterocycles. The lowest BCUT2D eigenvalue weighted by Crippen LogP contribution is -1.98. The van der Waals surface area contributed by atoms with Gasteiger partial charge in [0.2, 0.25) is 0 Å². The summed E-state index contributed by atoms with van der Waals surface area (Å²) in [6.45, 7) is 0. The molecule has 106 valence electrons. The number of nitrogens with zero attached hydrogens (tertiary/aromatic N) is 2. The monoisotopic (exact) mass is 283 g/mol. The molecule has 6 heteroatoms. The minimum atomic E-state index is -1.00. The highest BCUT2D eigenvalue weighted by atomic mass is 16.5. The number of hydrogen-bond donors (Lipinski definition) is 2. The molecule has 0 aliphatic carbocycles. The fraction of sp³-hybridized carbons (Fsp3) is 0.133. The first-order valence-corrected chi connectivity index (χ1v) is 6.37. The van der Waals surface area contributed by atoms with E-state index in [4.69, 9.17) is 9.84 Å². The third-order valence-corrected chi connectivity index (χ3v) is 3.18. The van der Waals surface area contributed by atoms with Crippen molar-refractivity contribution >= 4 is 17.1 Å². The summed E-state index contributed by atoms with van der Waals surface area (Å²) in [5.74, 6) is 0.436. The number of rotatable bonds is 4. The Morgan fingerprint density at radius 1 is 1.38 bits per heavy atom. The second-order valence-electron chi connectivity index (χ2n) is 4.57. The van der Waals surface area contributed by atoms with Gasteiger partial charge in [0.25, 0.3) is 0 Å². The molecule has 3 aromatic rings. The molecule has 0 bridgehead atoms. The molecule has 1 aromatic carbocycles. The van der Waals surface area contributed by atoms with Gasteiger partial charge in [0, 0.05) is 12.6 Å². The van der Waals surface area contributed by atoms with Gasteiger partial charge in [-0.1, -0.05) is 12.1 Å². The molecule has 0 saturated carbocycles. The Balaban J connectivity index is 1.98. The maximum absolute atomic E-state index is 11.2. The van der Waals surface area contributed by atoms with Crippen molar-refractivity contribution in [1.82, 2.24) is 15.0 Å². The number of ether oxygens (including phenoxy) is 1. The number of hydrogen-bond acceptors (Lipinski definition) is 4. The summed E-state index contributed by atoms with van der Waals surface area (Å²) in [4.78, 5) is 22.6. The van der Waals surface area contributed by atoms with Gasteiger partial charge in [-0.25, -0.2) is 14.8 Å². The zero-order chi connectivity index (χ0) is 14.8. The van der Waals surface area contributed by atoms with Crippen LogP contribution < -0.4 is 4.74 Å². The number of carbonyl (C=O) groups is 1. The Labute approximate surface area is 120 Å². The highest BCUT2D eigenvalue weighted by molar-refractivity contribution is 5.99. The van der Waals surface area contributed by atoms with Gasteiger partial charge in [-0.05, 0) is 23.8 Å². The van der Waals surface area contributed by atoms with E-state index < -0.39 is 5.97 Å². The molecule has 0 fully saturated rings. The zero-order valence-corrected chi connectivity index (χ0v) is 11.3. The number of pyridine rings is 1. The molecule has 2 heterocycles. The number of carboxylic acid groups (broad SMARTS) is 1. The predicted octanol–water partition coefficient (Wildman–Crippen LogP) is 2.26. The lowest BCUT2D eigenvalue weighted by molar-refractivity contribution is 0.0698. The standard InChI is InChI=1S/C15H13N3O3/c1-21-10-4-2-3-9(7-10)8-12-17-13-11(15(19)20)5-6-16-14(13)18-12/h2-7H,8H2,1H3,(H,19,20)(H,16,17,18). The fourth-order valence-corrected chi connectivity index (χ4v) is 2.20. The predicted molar refractivity (Wildman–Crippen MR) is 76.6 cm³/mol. The first kappa shape index (κ1) is 13.1. The highest BCUT2D eigenvalue weighted by Crippen LogP contribution is 2.18. The van der Waals surface area contributed by atoms with Crippen LogP contribution in [0.5, 0.6) is 5.75 Å². The van der Waals surface area contributed by atoms with E-state index in [-0.39, 0.29) is 5.56 Å². The van der Waals surface area contributed by atoms with Crippen molar-refractivity contribution in [3.8, 4) is 5.75 Å². The SMILES string of the molecule is COc1cccc(Cc2nc3nccc(C(=O)O)c3[nH]2)c1. The van der Waals surface area contributed by atoms with E-state index in [1.807, 2.05) is 24.3 Å². The van der Waals surface area contributed by atoms with E-state index in [2.05, 4.69) is 15.0 Å². The average Bonchev–Trinajstić information content (AvgIpc) is 2.89. The molecule has 0 atom stereocenters. The number of aromatic carboxylic acids is 1. The Hall–Kier alpha value is -2.89. The highest BCUT2D eigenvalue weighted by Gasteiger charge is 2.13. The van der Waals surface area contributed by atoms with Crippen LogP contribution in [0.1, 0.15) is 21.7 Å². The Morgan fingerprint density at radius 2 is 2.24 bits per heavy atom. The lowest BCUT2D eigenvalue weighted by atomic mass is 10.1. The van der Waals surface area contributed by atoms with Crippen LogP contribution in [0.25, 0.3) is 11.2 Å². The van der Waals surface area contributed by atoms with E-state index in [1.165, 1.54) is 12.3 Å². The van der Waals surface area contributed by atoms with Crippen molar-refractivity contribution in [2.24, 2.45) is 0 Å². The van der Waals surface area contributed by atoms with Crippen LogP contribution >= 0.6 is 0 Å². The molecule has 0 aliphatic heterocycles. The van der Waals surface area contributed by atoms with Crippen molar-refractivity contribution in [3.63, 3.8) is 0 Å². The summed E-state index contributed by atoms with van der Waals surface area (Å²) in [7, 11) is 1.61. The normalized spacial score (nSPS) is 10.7. The van der Waals surface area contributed by atoms with Gasteiger partial charge in [-0.2, -0.15) is 0 Å². The largest absolute Gasteiger partial charge is 0.497 e. The van der Waals surface area contributed by atoms with Crippen LogP contribution in [0.3, 0.4) is 0 Å². The van der Waals surface area contributed by atoms with Crippen molar-refractivity contribution in [3.05, 3.63) is 53.5 Å². The van der Waals surface area contributed by atoms with Crippen LogP contribution in [-0.2, 0) is 6.42 Å². The maximum Gasteiger partial charge on any atom is 0.338 e. The summed E-state index contributed by atoms with van der Waals surface area (Å²) in [5.41, 5.74) is 2.05. The Kier molecular flexibility index (Phi) is 3.27. The van der Waals surface area contributed by atoms with Crippen LogP contribution in [-0.4, -0.2) is 33.1 Å². The van der Waals surface area contributed by atoms with E-state index in [0.29, 0.717) is 23.4 Å². The molecule has 2 N–H and O–H groups in total. The second-order valence-corrected chi connectivity index (χ2v) is 4.57. The Morgan fingerprint density at radius 3 is 3.00 bits per heavy atom. The van der Waals surface area contributed by atoms with Gasteiger partial charge in [-0.3, -0.25) is 0 Å². The molecule has 21 heavy (non-hydrogen) atoms. The van der Waals surface area contributed by atoms with Crippen molar-refractivity contribution in [1.29, 1.82) is 0 Å². The quantitative estimate of drug-likeness (QED) is 0.766. The maximum atomic E-state index is 11.2. The molecule has 0 saturated heterocycles. The van der Waals surface area contributed by atoms with Crippen LogP contribution in [0, 0.1) is 0 Å². The van der Waals surface area contributed by atoms with Gasteiger partial charge in [-0.15, -0.1) is 0 Å². The molecule has 3 rings (SSSR count). The summed E-state index contributed by atoms with van der Waals surface area (Å²) in [5, 5.41) is 9.16. The van der Waals surface area contributed by atoms with Gasteiger partial charge < -0.3 is 14.8 Å². The van der Waals surface area contributed by atoms with Crippen LogP contribution in [0.4, 0.5) is 0 Å². The fourth-order valence-electron chi connectivity index (χ4n) is 2.20. The molecular weight excluding hydrogens is 270 g/mol. The minimum absolute atomic E-state index is 0.171. The topological polar surface area (TPSA) is 88.1 Å². The first-order valence-electron chi connectivity index (χ1n) is 6.37. The Bertz CT molecular complexity index is 811. The number of imidazole rings is 1. The summed E-state index contributed by atoms with van der Waals surface area (Å²) < 4.78 is 5.18. The van der Waals surface area contributed by atoms with Gasteiger partial charge >= 0.3 is 5.97 Å². The third-order valence-electron chi connectivity index (χ3n) is 3.18. The zero-order valence-electron chi connectivity index (χ0n) is 11.3. The van der Waals surface area contributed by atoms with Crippen molar-refractivity contribution in [2.45, 2.75) is 6.42 Å². The van der Waals surface area contributed by atoms with E-state index in [9.17, 15) is 4.79 Å². The van der Waals surface area contributed by atoms with Crippen molar-refractivity contribution in [2.75, 3.05) is 7.11 Å². The number of fused-ring (bicyclic) bond motifs is 1. The van der Waals surface area contributed by atoms with E-state index in [0.717, 1.165) is 11.3 Å². The number of benzene rings is 1. The molecule has 0 amide bonds. The molecule has 0 radical (unpaired) electrons. The number of H-pyrrole nitrogens is 1. The molecule has 0 unspecified atom stereocenters. The molecular formula is C15H13N3O3. The number of carboxylic acids is 1. The molecule has 0 aliphatic rings. The number of aromatic amines is 1. The minimum Gasteiger partial charge on any atom is -0.497 e. The van der Waals surface area contributed by atoms with Gasteiger partial charge in [0.15, 0.2) is 5.65 Å². The van der Waals surface area contributed by atoms with Crippen molar-refractivity contribution < 1.29 is 14.6 Å². The van der Waals surface area contributed by atoms with Gasteiger partial charge in [0.05, 0.1) is 18.2 Å². The summed E-state index contributed by atoms with van der Waals surface area (Å²) >= 11 is 0. The molecule has 0 spiro atoms. The summed E-state index contributed by atoms with van der Waals surface area (Å²) in [6, 6.07) is 9.10. The lowest BCUT2D eigenvalue weighted by Gasteiger charge is -2.02. The average molecular weight is 283 g/mol.